The molecule has 1 aliphatic heterocycles. The van der Waals surface area contributed by atoms with E-state index >= 15 is 0 Å². The molecule has 0 bridgehead atoms. The first-order valence-electron chi connectivity index (χ1n) is 17.2. The molecule has 0 spiro atoms. The van der Waals surface area contributed by atoms with Crippen molar-refractivity contribution in [1.82, 2.24) is 10.9 Å². The lowest BCUT2D eigenvalue weighted by Crippen LogP contribution is -2.53. The molecule has 1 heterocycles. The topological polar surface area (TPSA) is 118 Å². The number of ether oxygens (including phenoxy) is 3. The van der Waals surface area contributed by atoms with Gasteiger partial charge in [0.15, 0.2) is 11.6 Å². The van der Waals surface area contributed by atoms with E-state index in [-0.39, 0.29) is 25.3 Å². The second-order valence-electron chi connectivity index (χ2n) is 13.3. The largest absolute Gasteiger partial charge is 0.494 e. The van der Waals surface area contributed by atoms with E-state index in [4.69, 9.17) is 24.3 Å². The lowest BCUT2D eigenvalue weighted by molar-refractivity contribution is -0.155. The summed E-state index contributed by atoms with van der Waals surface area (Å²) < 4.78 is 18.0. The van der Waals surface area contributed by atoms with E-state index in [1.165, 1.54) is 5.56 Å². The number of nitrogens with one attached hydrogen (secondary N) is 2. The molecule has 9 heteroatoms. The Hall–Kier alpha value is -4.99. The number of amides is 1. The molecular formula is C41H47N3O6. The maximum Gasteiger partial charge on any atom is 0.306 e. The number of aliphatic hydroxyl groups excluding tert-OH is 1. The number of carbonyl (C=O) groups excluding carboxylic acids is 2. The van der Waals surface area contributed by atoms with Crippen LogP contribution >= 0.6 is 0 Å². The van der Waals surface area contributed by atoms with Gasteiger partial charge in [0.1, 0.15) is 11.4 Å². The lowest BCUT2D eigenvalue weighted by Gasteiger charge is -2.31. The predicted molar refractivity (Wildman–Crippen MR) is 195 cm³/mol. The standard InChI is InChI=1S/C41H47N3O6/c1-40(2,3)50-36(46)25-26-41(39(47)44-42-27-10-14-30-12-6-4-7-13-30)37(33-19-17-32(18-20-33)31-15-8-5-9-16-31)49-38(43-41)34-21-23-35(24-22-34)48-29-11-28-45/h4-9,12-13,15-24,37,42,45H,10-11,14,25-29H2,1-3H3,(H,44,47)/t37-,41-/m0/s1. The molecule has 5 rings (SSSR count). The van der Waals surface area contributed by atoms with Crippen molar-refractivity contribution in [2.24, 2.45) is 4.99 Å². The fraction of sp³-hybridized carbons (Fsp3) is 0.341. The van der Waals surface area contributed by atoms with E-state index in [1.54, 1.807) is 12.1 Å². The number of esters is 1. The molecule has 262 valence electrons. The number of rotatable bonds is 16. The van der Waals surface area contributed by atoms with Crippen LogP contribution in [0.3, 0.4) is 0 Å². The van der Waals surface area contributed by atoms with Crippen LogP contribution in [-0.2, 0) is 25.5 Å². The molecule has 0 saturated heterocycles. The van der Waals surface area contributed by atoms with Gasteiger partial charge in [-0.2, -0.15) is 0 Å². The van der Waals surface area contributed by atoms with E-state index in [9.17, 15) is 9.59 Å². The number of hydrogen-bond acceptors (Lipinski definition) is 8. The van der Waals surface area contributed by atoms with Crippen molar-refractivity contribution in [2.45, 2.75) is 70.1 Å². The number of carbonyl (C=O) groups is 2. The summed E-state index contributed by atoms with van der Waals surface area (Å²) in [5.74, 6) is 0.0958. The summed E-state index contributed by atoms with van der Waals surface area (Å²) in [6, 6.07) is 35.4. The predicted octanol–water partition coefficient (Wildman–Crippen LogP) is 6.75. The van der Waals surface area contributed by atoms with Crippen LogP contribution in [0.2, 0.25) is 0 Å². The molecule has 4 aromatic carbocycles. The van der Waals surface area contributed by atoms with Gasteiger partial charge >= 0.3 is 5.97 Å². The van der Waals surface area contributed by atoms with Crippen molar-refractivity contribution in [1.29, 1.82) is 0 Å². The zero-order valence-corrected chi connectivity index (χ0v) is 29.1. The molecule has 50 heavy (non-hydrogen) atoms. The Morgan fingerprint density at radius 3 is 2.14 bits per heavy atom. The van der Waals surface area contributed by atoms with E-state index in [1.807, 2.05) is 106 Å². The minimum atomic E-state index is -1.50. The van der Waals surface area contributed by atoms with Gasteiger partial charge in [-0.3, -0.25) is 15.0 Å². The minimum Gasteiger partial charge on any atom is -0.494 e. The Bertz CT molecular complexity index is 1700. The molecule has 1 aliphatic rings. The Morgan fingerprint density at radius 1 is 0.840 bits per heavy atom. The van der Waals surface area contributed by atoms with Crippen LogP contribution in [0.1, 0.15) is 69.2 Å². The van der Waals surface area contributed by atoms with Gasteiger partial charge in [-0.15, -0.1) is 0 Å². The van der Waals surface area contributed by atoms with E-state index in [0.717, 1.165) is 29.5 Å². The summed E-state index contributed by atoms with van der Waals surface area (Å²) in [4.78, 5) is 32.5. The van der Waals surface area contributed by atoms with Crippen molar-refractivity contribution in [3.63, 3.8) is 0 Å². The minimum absolute atomic E-state index is 0.0466. The summed E-state index contributed by atoms with van der Waals surface area (Å²) in [5.41, 5.74) is 8.54. The van der Waals surface area contributed by atoms with Crippen molar-refractivity contribution >= 4 is 17.8 Å². The molecule has 4 aromatic rings. The van der Waals surface area contributed by atoms with Gasteiger partial charge in [0.25, 0.3) is 5.91 Å². The maximum atomic E-state index is 14.4. The van der Waals surface area contributed by atoms with Gasteiger partial charge in [-0.25, -0.2) is 10.4 Å². The van der Waals surface area contributed by atoms with E-state index < -0.39 is 29.1 Å². The lowest BCUT2D eigenvalue weighted by atomic mass is 9.83. The summed E-state index contributed by atoms with van der Waals surface area (Å²) in [7, 11) is 0. The first-order valence-corrected chi connectivity index (χ1v) is 17.2. The van der Waals surface area contributed by atoms with E-state index in [2.05, 4.69) is 23.0 Å². The second-order valence-corrected chi connectivity index (χ2v) is 13.3. The van der Waals surface area contributed by atoms with Gasteiger partial charge in [-0.05, 0) is 86.6 Å². The summed E-state index contributed by atoms with van der Waals surface area (Å²) in [5, 5.41) is 9.10. The molecule has 2 atom stereocenters. The van der Waals surface area contributed by atoms with Crippen molar-refractivity contribution < 1.29 is 28.9 Å². The molecule has 0 aromatic heterocycles. The SMILES string of the molecule is CC(C)(C)OC(=O)CC[C@]1(C(=O)NNCCCc2ccccc2)N=C(c2ccc(OCCCO)cc2)O[C@H]1c1ccc(-c2ccccc2)cc1. The Morgan fingerprint density at radius 2 is 1.48 bits per heavy atom. The van der Waals surface area contributed by atoms with Gasteiger partial charge < -0.3 is 19.3 Å². The first kappa shape index (κ1) is 36.3. The summed E-state index contributed by atoms with van der Waals surface area (Å²) >= 11 is 0. The Labute approximate surface area is 294 Å². The van der Waals surface area contributed by atoms with Crippen LogP contribution in [0.25, 0.3) is 11.1 Å². The van der Waals surface area contributed by atoms with E-state index in [0.29, 0.717) is 30.9 Å². The number of hydrazine groups is 1. The van der Waals surface area contributed by atoms with Crippen LogP contribution in [0.4, 0.5) is 0 Å². The first-order chi connectivity index (χ1) is 24.2. The Kier molecular flexibility index (Phi) is 12.4. The summed E-state index contributed by atoms with van der Waals surface area (Å²) in [6.07, 6.45) is 1.35. The molecule has 0 unspecified atom stereocenters. The Balaban J connectivity index is 1.45. The summed E-state index contributed by atoms with van der Waals surface area (Å²) in [6.45, 7) is 6.42. The highest BCUT2D eigenvalue weighted by Gasteiger charge is 2.53. The third-order valence-electron chi connectivity index (χ3n) is 8.29. The molecule has 0 radical (unpaired) electrons. The van der Waals surface area contributed by atoms with Crippen molar-refractivity contribution in [2.75, 3.05) is 19.8 Å². The zero-order valence-electron chi connectivity index (χ0n) is 29.1. The van der Waals surface area contributed by atoms with Crippen LogP contribution in [0, 0.1) is 0 Å². The van der Waals surface area contributed by atoms with Crippen molar-refractivity contribution in [3.05, 3.63) is 126 Å². The number of aliphatic imine (C=N–C) groups is 1. The highest BCUT2D eigenvalue weighted by atomic mass is 16.6. The van der Waals surface area contributed by atoms with Crippen LogP contribution in [0.5, 0.6) is 5.75 Å². The smallest absolute Gasteiger partial charge is 0.306 e. The van der Waals surface area contributed by atoms with Gasteiger partial charge in [0.2, 0.25) is 5.90 Å². The number of hydrogen-bond donors (Lipinski definition) is 3. The fourth-order valence-electron chi connectivity index (χ4n) is 5.81. The molecule has 9 nitrogen and oxygen atoms in total. The highest BCUT2D eigenvalue weighted by Crippen LogP contribution is 2.43. The third-order valence-corrected chi connectivity index (χ3v) is 8.29. The number of aryl methyl sites for hydroxylation is 1. The van der Waals surface area contributed by atoms with Gasteiger partial charge in [-0.1, -0.05) is 84.9 Å². The zero-order chi connectivity index (χ0) is 35.4. The van der Waals surface area contributed by atoms with Crippen LogP contribution in [0.15, 0.2) is 114 Å². The molecule has 0 aliphatic carbocycles. The number of nitrogens with zero attached hydrogens (tertiary/aromatic N) is 1. The molecule has 0 fully saturated rings. The third kappa shape index (κ3) is 9.80. The average molecular weight is 678 g/mol. The van der Waals surface area contributed by atoms with Crippen LogP contribution < -0.4 is 15.6 Å². The second kappa shape index (κ2) is 17.1. The fourth-order valence-corrected chi connectivity index (χ4v) is 5.81. The average Bonchev–Trinajstić information content (AvgIpc) is 3.52. The van der Waals surface area contributed by atoms with Crippen LogP contribution in [-0.4, -0.2) is 53.8 Å². The molecular weight excluding hydrogens is 630 g/mol. The molecule has 3 N–H and O–H groups in total. The monoisotopic (exact) mass is 677 g/mol. The molecule has 1 amide bonds. The highest BCUT2D eigenvalue weighted by molar-refractivity contribution is 6.01. The number of benzene rings is 4. The quantitative estimate of drug-likeness (QED) is 0.0683. The van der Waals surface area contributed by atoms with Crippen molar-refractivity contribution in [3.8, 4) is 16.9 Å². The normalized spacial score (nSPS) is 17.0. The molecule has 0 saturated carbocycles. The van der Waals surface area contributed by atoms with Gasteiger partial charge in [0, 0.05) is 31.6 Å². The maximum absolute atomic E-state index is 14.4. The number of aliphatic hydroxyl groups is 1. The van der Waals surface area contributed by atoms with Gasteiger partial charge in [0.05, 0.1) is 6.61 Å².